The third-order valence-electron chi connectivity index (χ3n) is 4.95. The molecule has 0 aliphatic carbocycles. The second kappa shape index (κ2) is 8.40. The number of rotatable bonds is 6. The molecule has 0 bridgehead atoms. The van der Waals surface area contributed by atoms with Gasteiger partial charge in [-0.3, -0.25) is 14.9 Å². The van der Waals surface area contributed by atoms with Crippen LogP contribution in [0, 0.1) is 19.8 Å². The van der Waals surface area contributed by atoms with Crippen molar-refractivity contribution in [2.45, 2.75) is 32.2 Å². The van der Waals surface area contributed by atoms with Gasteiger partial charge in [-0.2, -0.15) is 0 Å². The zero-order valence-electron chi connectivity index (χ0n) is 16.8. The molecule has 4 N–H and O–H groups in total. The Bertz CT molecular complexity index is 992. The van der Waals surface area contributed by atoms with Gasteiger partial charge in [0.1, 0.15) is 5.75 Å². The van der Waals surface area contributed by atoms with E-state index in [9.17, 15) is 13.2 Å². The summed E-state index contributed by atoms with van der Waals surface area (Å²) < 4.78 is 33.5. The summed E-state index contributed by atoms with van der Waals surface area (Å²) in [4.78, 5) is 13.0. The van der Waals surface area contributed by atoms with Crippen LogP contribution in [0.25, 0.3) is 0 Å². The van der Waals surface area contributed by atoms with Crippen molar-refractivity contribution in [1.29, 1.82) is 0 Å². The number of amides is 1. The molecule has 1 aliphatic heterocycles. The number of hydrogen-bond acceptors (Lipinski definition) is 6. The molecule has 1 fully saturated rings. The Balaban J connectivity index is 1.79. The standard InChI is InChI=1S/C20H26N4O4S/c1-12-5-10-17(13(2)11-12)21-19(25)18-14(3)22-23-20(18)29(26,27)24-15-6-8-16(28-4)9-7-15/h5-11,14,18,20,22-24H,1-4H3,(H,21,25). The van der Waals surface area contributed by atoms with Crippen LogP contribution >= 0.6 is 0 Å². The number of hydrazine groups is 1. The zero-order chi connectivity index (χ0) is 21.2. The highest BCUT2D eigenvalue weighted by Crippen LogP contribution is 2.25. The molecule has 3 atom stereocenters. The van der Waals surface area contributed by atoms with Crippen LogP contribution in [-0.2, 0) is 14.8 Å². The van der Waals surface area contributed by atoms with E-state index < -0.39 is 21.3 Å². The fourth-order valence-electron chi connectivity index (χ4n) is 3.35. The minimum Gasteiger partial charge on any atom is -0.497 e. The maximum atomic E-state index is 13.0. The highest BCUT2D eigenvalue weighted by atomic mass is 32.2. The van der Waals surface area contributed by atoms with E-state index in [1.54, 1.807) is 31.2 Å². The van der Waals surface area contributed by atoms with E-state index in [1.807, 2.05) is 32.0 Å². The van der Waals surface area contributed by atoms with E-state index >= 15 is 0 Å². The Labute approximate surface area is 171 Å². The number of benzene rings is 2. The average molecular weight is 419 g/mol. The van der Waals surface area contributed by atoms with Crippen LogP contribution in [0.5, 0.6) is 5.75 Å². The molecule has 1 aliphatic rings. The third-order valence-corrected chi connectivity index (χ3v) is 6.54. The second-order valence-electron chi connectivity index (χ2n) is 7.21. The van der Waals surface area contributed by atoms with Crippen molar-refractivity contribution in [2.24, 2.45) is 5.92 Å². The monoisotopic (exact) mass is 418 g/mol. The fraction of sp³-hybridized carbons (Fsp3) is 0.350. The van der Waals surface area contributed by atoms with Gasteiger partial charge >= 0.3 is 0 Å². The normalized spacial score (nSPS) is 21.6. The van der Waals surface area contributed by atoms with Crippen LogP contribution in [0.4, 0.5) is 11.4 Å². The minimum atomic E-state index is -3.89. The summed E-state index contributed by atoms with van der Waals surface area (Å²) in [5.41, 5.74) is 8.67. The smallest absolute Gasteiger partial charge is 0.250 e. The highest BCUT2D eigenvalue weighted by molar-refractivity contribution is 7.93. The van der Waals surface area contributed by atoms with E-state index in [0.717, 1.165) is 11.1 Å². The predicted molar refractivity (Wildman–Crippen MR) is 113 cm³/mol. The molecule has 156 valence electrons. The molecule has 9 heteroatoms. The molecular formula is C20H26N4O4S. The zero-order valence-corrected chi connectivity index (χ0v) is 17.6. The molecule has 8 nitrogen and oxygen atoms in total. The molecule has 0 aromatic heterocycles. The van der Waals surface area contributed by atoms with E-state index in [-0.39, 0.29) is 11.9 Å². The lowest BCUT2D eigenvalue weighted by Crippen LogP contribution is -2.45. The number of aryl methyl sites for hydroxylation is 2. The first kappa shape index (κ1) is 21.1. The summed E-state index contributed by atoms with van der Waals surface area (Å²) in [7, 11) is -2.36. The number of methoxy groups -OCH3 is 1. The van der Waals surface area contributed by atoms with E-state index in [4.69, 9.17) is 4.74 Å². The molecule has 2 aromatic carbocycles. The summed E-state index contributed by atoms with van der Waals surface area (Å²) >= 11 is 0. The van der Waals surface area contributed by atoms with Crippen LogP contribution < -0.4 is 25.6 Å². The van der Waals surface area contributed by atoms with E-state index in [1.165, 1.54) is 7.11 Å². The molecule has 0 spiro atoms. The number of carbonyl (C=O) groups excluding carboxylic acids is 1. The Kier molecular flexibility index (Phi) is 6.11. The first-order valence-corrected chi connectivity index (χ1v) is 10.8. The molecule has 3 rings (SSSR count). The molecule has 1 amide bonds. The molecule has 29 heavy (non-hydrogen) atoms. The van der Waals surface area contributed by atoms with Crippen molar-refractivity contribution < 1.29 is 17.9 Å². The van der Waals surface area contributed by atoms with Crippen molar-refractivity contribution in [3.63, 3.8) is 0 Å². The first-order chi connectivity index (χ1) is 13.7. The lowest BCUT2D eigenvalue weighted by molar-refractivity contribution is -0.119. The molecular weight excluding hydrogens is 392 g/mol. The van der Waals surface area contributed by atoms with E-state index in [0.29, 0.717) is 17.1 Å². The number of carbonyl (C=O) groups is 1. The quantitative estimate of drug-likeness (QED) is 0.572. The summed E-state index contributed by atoms with van der Waals surface area (Å²) in [6.07, 6.45) is 0. The average Bonchev–Trinajstić information content (AvgIpc) is 3.07. The van der Waals surface area contributed by atoms with E-state index in [2.05, 4.69) is 20.9 Å². The van der Waals surface area contributed by atoms with Gasteiger partial charge in [-0.15, -0.1) is 0 Å². The third kappa shape index (κ3) is 4.69. The van der Waals surface area contributed by atoms with Gasteiger partial charge in [-0.25, -0.2) is 13.8 Å². The first-order valence-electron chi connectivity index (χ1n) is 9.26. The minimum absolute atomic E-state index is 0.368. The second-order valence-corrected chi connectivity index (χ2v) is 9.01. The fourth-order valence-corrected chi connectivity index (χ4v) is 4.91. The molecule has 0 radical (unpaired) electrons. The summed E-state index contributed by atoms with van der Waals surface area (Å²) in [6, 6.07) is 11.8. The highest BCUT2D eigenvalue weighted by Gasteiger charge is 2.46. The van der Waals surface area contributed by atoms with Crippen molar-refractivity contribution in [1.82, 2.24) is 10.9 Å². The lowest BCUT2D eigenvalue weighted by atomic mass is 10.0. The number of sulfonamides is 1. The predicted octanol–water partition coefficient (Wildman–Crippen LogP) is 2.13. The van der Waals surface area contributed by atoms with Crippen molar-refractivity contribution in [2.75, 3.05) is 17.1 Å². The largest absolute Gasteiger partial charge is 0.497 e. The summed E-state index contributed by atoms with van der Waals surface area (Å²) in [6.45, 7) is 5.64. The molecule has 0 saturated carbocycles. The van der Waals surface area contributed by atoms with Gasteiger partial charge < -0.3 is 10.1 Å². The maximum Gasteiger partial charge on any atom is 0.250 e. The summed E-state index contributed by atoms with van der Waals surface area (Å²) in [5.74, 6) is -0.577. The Morgan fingerprint density at radius 1 is 1.07 bits per heavy atom. The van der Waals surface area contributed by atoms with Crippen molar-refractivity contribution in [3.05, 3.63) is 53.6 Å². The number of hydrogen-bond donors (Lipinski definition) is 4. The van der Waals surface area contributed by atoms with Gasteiger partial charge in [0.05, 0.1) is 13.0 Å². The lowest BCUT2D eigenvalue weighted by Gasteiger charge is -2.22. The van der Waals surface area contributed by atoms with Crippen molar-refractivity contribution in [3.8, 4) is 5.75 Å². The van der Waals surface area contributed by atoms with Gasteiger partial charge in [0.25, 0.3) is 10.0 Å². The van der Waals surface area contributed by atoms with Gasteiger partial charge in [-0.1, -0.05) is 17.7 Å². The Morgan fingerprint density at radius 2 is 1.76 bits per heavy atom. The SMILES string of the molecule is COc1ccc(NS(=O)(=O)C2NNC(C)C2C(=O)Nc2ccc(C)cc2C)cc1. The van der Waals surface area contributed by atoms with Gasteiger partial charge in [0, 0.05) is 17.4 Å². The van der Waals surface area contributed by atoms with Gasteiger partial charge in [0.2, 0.25) is 5.91 Å². The van der Waals surface area contributed by atoms with Crippen LogP contribution in [-0.4, -0.2) is 32.9 Å². The Hall–Kier alpha value is -2.62. The van der Waals surface area contributed by atoms with Crippen LogP contribution in [0.3, 0.4) is 0 Å². The molecule has 1 saturated heterocycles. The van der Waals surface area contributed by atoms with Gasteiger partial charge in [-0.05, 0) is 56.7 Å². The van der Waals surface area contributed by atoms with Crippen LogP contribution in [0.1, 0.15) is 18.1 Å². The van der Waals surface area contributed by atoms with Crippen LogP contribution in [0.15, 0.2) is 42.5 Å². The van der Waals surface area contributed by atoms with Gasteiger partial charge in [0.15, 0.2) is 5.37 Å². The topological polar surface area (TPSA) is 109 Å². The maximum absolute atomic E-state index is 13.0. The summed E-state index contributed by atoms with van der Waals surface area (Å²) in [5, 5.41) is 1.73. The number of anilines is 2. The van der Waals surface area contributed by atoms with Crippen LogP contribution in [0.2, 0.25) is 0 Å². The molecule has 3 unspecified atom stereocenters. The Morgan fingerprint density at radius 3 is 2.38 bits per heavy atom. The number of nitrogens with one attached hydrogen (secondary N) is 4. The molecule has 1 heterocycles. The number of ether oxygens (including phenoxy) is 1. The molecule has 2 aromatic rings. The van der Waals surface area contributed by atoms with Crippen molar-refractivity contribution >= 4 is 27.3 Å².